The van der Waals surface area contributed by atoms with Crippen molar-refractivity contribution in [3.8, 4) is 6.07 Å². The number of Topliss-reactive ketones (excluding diaryl/α,β-unsaturated/α-hetero) is 1. The molecule has 0 saturated heterocycles. The average Bonchev–Trinajstić information content (AvgIpc) is 3.22. The number of nitrogens with one attached hydrogen (secondary N) is 1. The van der Waals surface area contributed by atoms with Crippen LogP contribution >= 0.6 is 11.8 Å². The lowest BCUT2D eigenvalue weighted by atomic mass is 10.1. The molecule has 0 radical (unpaired) electrons. The molecule has 0 fully saturated rings. The van der Waals surface area contributed by atoms with Gasteiger partial charge in [0, 0.05) is 28.1 Å². The zero-order chi connectivity index (χ0) is 22.1. The number of carbonyl (C=O) groups excluding carboxylic acids is 2. The molecule has 0 unspecified atom stereocenters. The van der Waals surface area contributed by atoms with Crippen LogP contribution < -0.4 is 0 Å². The van der Waals surface area contributed by atoms with E-state index < -0.39 is 5.97 Å². The lowest BCUT2D eigenvalue weighted by molar-refractivity contribution is 0.0713. The molecule has 4 rings (SSSR count). The smallest absolute Gasteiger partial charge is 0.347 e. The molecule has 0 atom stereocenters. The Hall–Kier alpha value is -3.63. The van der Waals surface area contributed by atoms with Crippen molar-refractivity contribution >= 4 is 35.3 Å². The van der Waals surface area contributed by atoms with Crippen LogP contribution in [0.4, 0.5) is 0 Å². The predicted molar refractivity (Wildman–Crippen MR) is 119 cm³/mol. The van der Waals surface area contributed by atoms with E-state index in [2.05, 4.69) is 16.0 Å². The summed E-state index contributed by atoms with van der Waals surface area (Å²) in [6, 6.07) is 13.0. The number of rotatable bonds is 5. The third-order valence-electron chi connectivity index (χ3n) is 5.11. The summed E-state index contributed by atoms with van der Waals surface area (Å²) in [4.78, 5) is 32.7. The summed E-state index contributed by atoms with van der Waals surface area (Å²) in [5.74, 6) is 0.0550. The van der Waals surface area contributed by atoms with Gasteiger partial charge in [-0.2, -0.15) is 5.26 Å². The van der Waals surface area contributed by atoms with Crippen molar-refractivity contribution in [3.05, 3.63) is 81.3 Å². The summed E-state index contributed by atoms with van der Waals surface area (Å²) in [7, 11) is 0. The van der Waals surface area contributed by atoms with Gasteiger partial charge in [0.1, 0.15) is 28.1 Å². The molecular weight excluding hydrogens is 410 g/mol. The first-order valence-electron chi connectivity index (χ1n) is 9.65. The largest absolute Gasteiger partial charge is 0.422 e. The number of hydrogen-bond acceptors (Lipinski definition) is 6. The number of H-pyrrole nitrogens is 1. The third kappa shape index (κ3) is 3.90. The molecule has 0 bridgehead atoms. The van der Waals surface area contributed by atoms with Gasteiger partial charge in [0.25, 0.3) is 0 Å². The van der Waals surface area contributed by atoms with E-state index in [1.165, 1.54) is 11.8 Å². The summed E-state index contributed by atoms with van der Waals surface area (Å²) in [5.41, 5.74) is 5.27. The number of hydrogen-bond donors (Lipinski definition) is 1. The number of cyclic esters (lactones) is 1. The number of ketones is 1. The van der Waals surface area contributed by atoms with Gasteiger partial charge in [0.15, 0.2) is 5.78 Å². The minimum Gasteiger partial charge on any atom is -0.422 e. The molecule has 6 nitrogen and oxygen atoms in total. The van der Waals surface area contributed by atoms with Crippen molar-refractivity contribution in [2.45, 2.75) is 25.8 Å². The lowest BCUT2D eigenvalue weighted by Crippen LogP contribution is -2.05. The highest BCUT2D eigenvalue weighted by molar-refractivity contribution is 8.00. The fourth-order valence-electron chi connectivity index (χ4n) is 3.52. The van der Waals surface area contributed by atoms with Crippen LogP contribution in [0.3, 0.4) is 0 Å². The molecule has 0 amide bonds. The topological polar surface area (TPSA) is 95.8 Å². The van der Waals surface area contributed by atoms with Crippen LogP contribution in [0.25, 0.3) is 11.8 Å². The number of fused-ring (bicyclic) bond motifs is 1. The van der Waals surface area contributed by atoms with E-state index in [1.807, 2.05) is 39.0 Å². The molecule has 3 heterocycles. The standard InChI is InChI=1S/C24H19N3O3S/c1-13-9-18-21(10-17-14(2)19(11-25)27-15(17)3)30-24(29)22(18)23(26-13)31-12-20(28)16-7-5-4-6-8-16/h4-10,27H,12H2,1-3H3. The number of nitrogens with zero attached hydrogens (tertiary/aromatic N) is 2. The maximum atomic E-state index is 12.7. The Morgan fingerprint density at radius 1 is 1.26 bits per heavy atom. The number of thioether (sulfide) groups is 1. The second kappa shape index (κ2) is 8.25. The molecule has 31 heavy (non-hydrogen) atoms. The number of ether oxygens (including phenoxy) is 1. The summed E-state index contributed by atoms with van der Waals surface area (Å²) >= 11 is 1.23. The third-order valence-corrected chi connectivity index (χ3v) is 6.08. The number of carbonyl (C=O) groups is 2. The van der Waals surface area contributed by atoms with E-state index in [1.54, 1.807) is 24.3 Å². The Balaban J connectivity index is 1.69. The molecule has 1 aliphatic rings. The molecule has 0 spiro atoms. The molecule has 1 aromatic carbocycles. The molecule has 7 heteroatoms. The second-order valence-electron chi connectivity index (χ2n) is 7.24. The van der Waals surface area contributed by atoms with Crippen molar-refractivity contribution < 1.29 is 14.3 Å². The zero-order valence-electron chi connectivity index (χ0n) is 17.3. The molecule has 0 saturated carbocycles. The van der Waals surface area contributed by atoms with Crippen LogP contribution in [0.5, 0.6) is 0 Å². The van der Waals surface area contributed by atoms with Crippen LogP contribution in [-0.2, 0) is 4.74 Å². The molecule has 2 aromatic heterocycles. The van der Waals surface area contributed by atoms with Crippen LogP contribution in [0, 0.1) is 32.1 Å². The van der Waals surface area contributed by atoms with Crippen molar-refractivity contribution in [2.75, 3.05) is 5.75 Å². The quantitative estimate of drug-likeness (QED) is 0.354. The van der Waals surface area contributed by atoms with Crippen LogP contribution in [0.15, 0.2) is 41.4 Å². The summed E-state index contributed by atoms with van der Waals surface area (Å²) < 4.78 is 5.56. The maximum Gasteiger partial charge on any atom is 0.347 e. The maximum absolute atomic E-state index is 12.7. The van der Waals surface area contributed by atoms with Gasteiger partial charge in [-0.3, -0.25) is 4.79 Å². The van der Waals surface area contributed by atoms with Crippen LogP contribution in [0.1, 0.15) is 54.5 Å². The molecule has 3 aromatic rings. The van der Waals surface area contributed by atoms with Gasteiger partial charge in [-0.25, -0.2) is 9.78 Å². The van der Waals surface area contributed by atoms with Crippen LogP contribution in [0.2, 0.25) is 0 Å². The zero-order valence-corrected chi connectivity index (χ0v) is 18.1. The van der Waals surface area contributed by atoms with E-state index in [4.69, 9.17) is 4.74 Å². The Labute approximate surface area is 184 Å². The SMILES string of the molecule is Cc1cc2c(c(SCC(=O)c3ccccc3)n1)C(=O)OC2=Cc1c(C)[nH]c(C#N)c1C. The molecule has 1 aliphatic heterocycles. The van der Waals surface area contributed by atoms with Gasteiger partial charge < -0.3 is 9.72 Å². The Bertz CT molecular complexity index is 1280. The highest BCUT2D eigenvalue weighted by Crippen LogP contribution is 2.38. The average molecular weight is 430 g/mol. The molecular formula is C24H19N3O3S. The van der Waals surface area contributed by atoms with Gasteiger partial charge >= 0.3 is 5.97 Å². The fraction of sp³-hybridized carbons (Fsp3) is 0.167. The van der Waals surface area contributed by atoms with E-state index in [-0.39, 0.29) is 11.5 Å². The Morgan fingerprint density at radius 3 is 2.68 bits per heavy atom. The van der Waals surface area contributed by atoms with Gasteiger partial charge in [-0.1, -0.05) is 42.1 Å². The van der Waals surface area contributed by atoms with Crippen molar-refractivity contribution in [3.63, 3.8) is 0 Å². The van der Waals surface area contributed by atoms with Crippen LogP contribution in [-0.4, -0.2) is 27.5 Å². The normalized spacial score (nSPS) is 13.7. The van der Waals surface area contributed by atoms with E-state index in [9.17, 15) is 14.9 Å². The Kier molecular flexibility index (Phi) is 5.49. The number of pyridine rings is 1. The van der Waals surface area contributed by atoms with Crippen molar-refractivity contribution in [2.24, 2.45) is 0 Å². The Morgan fingerprint density at radius 2 is 2.00 bits per heavy atom. The number of benzene rings is 1. The summed E-state index contributed by atoms with van der Waals surface area (Å²) in [6.45, 7) is 5.55. The number of aromatic nitrogens is 2. The minimum atomic E-state index is -0.491. The van der Waals surface area contributed by atoms with Gasteiger partial charge in [0.2, 0.25) is 0 Å². The lowest BCUT2D eigenvalue weighted by Gasteiger charge is -2.06. The van der Waals surface area contributed by atoms with E-state index in [0.29, 0.717) is 33.2 Å². The highest BCUT2D eigenvalue weighted by atomic mass is 32.2. The highest BCUT2D eigenvalue weighted by Gasteiger charge is 2.32. The molecule has 0 aliphatic carbocycles. The minimum absolute atomic E-state index is 0.0348. The number of nitriles is 1. The van der Waals surface area contributed by atoms with E-state index >= 15 is 0 Å². The number of esters is 1. The molecule has 1 N–H and O–H groups in total. The van der Waals surface area contributed by atoms with Gasteiger partial charge in [0.05, 0.1) is 5.75 Å². The van der Waals surface area contributed by atoms with Crippen molar-refractivity contribution in [1.29, 1.82) is 5.26 Å². The summed E-state index contributed by atoms with van der Waals surface area (Å²) in [6.07, 6.45) is 1.77. The first kappa shape index (κ1) is 20.6. The first-order valence-corrected chi connectivity index (χ1v) is 10.6. The molecule has 154 valence electrons. The monoisotopic (exact) mass is 429 g/mol. The predicted octanol–water partition coefficient (Wildman–Crippen LogP) is 4.85. The van der Waals surface area contributed by atoms with Crippen molar-refractivity contribution in [1.82, 2.24) is 9.97 Å². The van der Waals surface area contributed by atoms with Gasteiger partial charge in [-0.05, 0) is 38.5 Å². The second-order valence-corrected chi connectivity index (χ2v) is 8.21. The summed E-state index contributed by atoms with van der Waals surface area (Å²) in [5, 5.41) is 9.73. The van der Waals surface area contributed by atoms with E-state index in [0.717, 1.165) is 22.5 Å². The first-order chi connectivity index (χ1) is 14.9. The fourth-order valence-corrected chi connectivity index (χ4v) is 4.50. The number of aromatic amines is 1. The van der Waals surface area contributed by atoms with Gasteiger partial charge in [-0.15, -0.1) is 0 Å². The number of aryl methyl sites for hydroxylation is 2.